The van der Waals surface area contributed by atoms with E-state index in [1.165, 1.54) is 4.90 Å². The van der Waals surface area contributed by atoms with E-state index in [1.807, 2.05) is 0 Å². The molecule has 0 spiro atoms. The number of carbonyl (C=O) groups excluding carboxylic acids is 1. The van der Waals surface area contributed by atoms with E-state index in [1.54, 1.807) is 0 Å². The molecule has 0 aliphatic heterocycles. The second kappa shape index (κ2) is 6.05. The first-order valence-corrected chi connectivity index (χ1v) is 5.44. The molecule has 1 aliphatic rings. The lowest BCUT2D eigenvalue weighted by Gasteiger charge is -2.22. The molecule has 1 atom stereocenters. The number of nitrogens with zero attached hydrogens (tertiary/aromatic N) is 1. The van der Waals surface area contributed by atoms with Gasteiger partial charge in [-0.1, -0.05) is 0 Å². The molecule has 15 heavy (non-hydrogen) atoms. The fourth-order valence-electron chi connectivity index (χ4n) is 1.62. The normalized spacial score (nSPS) is 17.5. The second-order valence-electron chi connectivity index (χ2n) is 4.03. The largest absolute Gasteiger partial charge is 0.395 e. The molecule has 1 aliphatic carbocycles. The molecule has 0 radical (unpaired) electrons. The van der Waals surface area contributed by atoms with Crippen molar-refractivity contribution >= 4 is 5.91 Å². The first kappa shape index (κ1) is 12.4. The van der Waals surface area contributed by atoms with Gasteiger partial charge in [0, 0.05) is 25.6 Å². The van der Waals surface area contributed by atoms with Crippen LogP contribution in [0.25, 0.3) is 0 Å². The van der Waals surface area contributed by atoms with Crippen LogP contribution in [0.4, 0.5) is 0 Å². The second-order valence-corrected chi connectivity index (χ2v) is 4.03. The van der Waals surface area contributed by atoms with Crippen molar-refractivity contribution in [2.75, 3.05) is 26.3 Å². The van der Waals surface area contributed by atoms with Crippen molar-refractivity contribution in [2.24, 2.45) is 11.7 Å². The molecule has 0 aromatic rings. The van der Waals surface area contributed by atoms with Gasteiger partial charge in [-0.3, -0.25) is 4.79 Å². The fraction of sp³-hybridized carbons (Fsp3) is 0.900. The standard InChI is InChI=1S/C10H20N2O3/c11-9(8-1-2-8)7-10(15)12(3-5-13)4-6-14/h8-9,13-14H,1-7,11H2. The number of rotatable bonds is 7. The predicted molar refractivity (Wildman–Crippen MR) is 56.1 cm³/mol. The van der Waals surface area contributed by atoms with Gasteiger partial charge >= 0.3 is 0 Å². The minimum absolute atomic E-state index is 0.0580. The van der Waals surface area contributed by atoms with Crippen LogP contribution in [0.15, 0.2) is 0 Å². The van der Waals surface area contributed by atoms with E-state index in [2.05, 4.69) is 0 Å². The Morgan fingerprint density at radius 1 is 1.33 bits per heavy atom. The Kier molecular flexibility index (Phi) is 5.01. The Labute approximate surface area is 89.9 Å². The van der Waals surface area contributed by atoms with Crippen LogP contribution in [0, 0.1) is 5.92 Å². The highest BCUT2D eigenvalue weighted by atomic mass is 16.3. The smallest absolute Gasteiger partial charge is 0.224 e. The molecular weight excluding hydrogens is 196 g/mol. The summed E-state index contributed by atoms with van der Waals surface area (Å²) in [6, 6.07) is -0.0580. The average molecular weight is 216 g/mol. The first-order valence-electron chi connectivity index (χ1n) is 5.44. The van der Waals surface area contributed by atoms with Gasteiger partial charge in [-0.15, -0.1) is 0 Å². The van der Waals surface area contributed by atoms with Crippen molar-refractivity contribution in [3.8, 4) is 0 Å². The molecule has 4 N–H and O–H groups in total. The highest BCUT2D eigenvalue weighted by Crippen LogP contribution is 2.32. The first-order chi connectivity index (χ1) is 7.19. The highest BCUT2D eigenvalue weighted by Gasteiger charge is 2.30. The van der Waals surface area contributed by atoms with Crippen LogP contribution in [0.5, 0.6) is 0 Å². The van der Waals surface area contributed by atoms with Crippen molar-refractivity contribution in [1.82, 2.24) is 4.90 Å². The van der Waals surface area contributed by atoms with Crippen molar-refractivity contribution in [2.45, 2.75) is 25.3 Å². The molecule has 1 rings (SSSR count). The fourth-order valence-corrected chi connectivity index (χ4v) is 1.62. The van der Waals surface area contributed by atoms with Gasteiger partial charge in [0.25, 0.3) is 0 Å². The van der Waals surface area contributed by atoms with Gasteiger partial charge in [0.15, 0.2) is 0 Å². The van der Waals surface area contributed by atoms with Crippen LogP contribution in [-0.4, -0.2) is 53.4 Å². The maximum absolute atomic E-state index is 11.7. The lowest BCUT2D eigenvalue weighted by molar-refractivity contribution is -0.132. The Hall–Kier alpha value is -0.650. The van der Waals surface area contributed by atoms with Crippen LogP contribution < -0.4 is 5.73 Å². The van der Waals surface area contributed by atoms with Crippen LogP contribution in [0.2, 0.25) is 0 Å². The summed E-state index contributed by atoms with van der Waals surface area (Å²) < 4.78 is 0. The lowest BCUT2D eigenvalue weighted by Crippen LogP contribution is -2.39. The third kappa shape index (κ3) is 4.15. The molecule has 5 nitrogen and oxygen atoms in total. The van der Waals surface area contributed by atoms with Gasteiger partial charge in [0.2, 0.25) is 5.91 Å². The Morgan fingerprint density at radius 2 is 1.87 bits per heavy atom. The molecule has 0 aromatic carbocycles. The van der Waals surface area contributed by atoms with E-state index in [0.29, 0.717) is 12.3 Å². The summed E-state index contributed by atoms with van der Waals surface area (Å²) in [5.74, 6) is 0.427. The Morgan fingerprint density at radius 3 is 2.27 bits per heavy atom. The van der Waals surface area contributed by atoms with Crippen molar-refractivity contribution in [3.05, 3.63) is 0 Å². The quantitative estimate of drug-likeness (QED) is 0.505. The van der Waals surface area contributed by atoms with E-state index in [-0.39, 0.29) is 38.3 Å². The lowest BCUT2D eigenvalue weighted by atomic mass is 10.1. The number of hydrogen-bond acceptors (Lipinski definition) is 4. The van der Waals surface area contributed by atoms with Gasteiger partial charge in [0.1, 0.15) is 0 Å². The van der Waals surface area contributed by atoms with Crippen molar-refractivity contribution < 1.29 is 15.0 Å². The minimum atomic E-state index is -0.0790. The zero-order valence-electron chi connectivity index (χ0n) is 8.93. The maximum atomic E-state index is 11.7. The van der Waals surface area contributed by atoms with Crippen molar-refractivity contribution in [1.29, 1.82) is 0 Å². The summed E-state index contributed by atoms with van der Waals surface area (Å²) in [4.78, 5) is 13.2. The number of hydrogen-bond donors (Lipinski definition) is 3. The molecule has 1 amide bonds. The SMILES string of the molecule is NC(CC(=O)N(CCO)CCO)C1CC1. The molecule has 5 heteroatoms. The zero-order valence-corrected chi connectivity index (χ0v) is 8.93. The van der Waals surface area contributed by atoms with Crippen LogP contribution in [-0.2, 0) is 4.79 Å². The maximum Gasteiger partial charge on any atom is 0.224 e. The number of nitrogens with two attached hydrogens (primary N) is 1. The number of carbonyl (C=O) groups is 1. The number of aliphatic hydroxyl groups excluding tert-OH is 2. The van der Waals surface area contributed by atoms with Gasteiger partial charge in [0.05, 0.1) is 13.2 Å². The van der Waals surface area contributed by atoms with E-state index in [4.69, 9.17) is 15.9 Å². The number of aliphatic hydroxyl groups is 2. The zero-order chi connectivity index (χ0) is 11.3. The molecule has 1 saturated carbocycles. The van der Waals surface area contributed by atoms with Crippen LogP contribution >= 0.6 is 0 Å². The molecule has 1 fully saturated rings. The third-order valence-electron chi connectivity index (χ3n) is 2.73. The molecule has 88 valence electrons. The summed E-state index contributed by atoms with van der Waals surface area (Å²) in [7, 11) is 0. The van der Waals surface area contributed by atoms with E-state index >= 15 is 0 Å². The average Bonchev–Trinajstić information content (AvgIpc) is 3.00. The molecular formula is C10H20N2O3. The van der Waals surface area contributed by atoms with E-state index in [0.717, 1.165) is 12.8 Å². The highest BCUT2D eigenvalue weighted by molar-refractivity contribution is 5.76. The van der Waals surface area contributed by atoms with Crippen LogP contribution in [0.1, 0.15) is 19.3 Å². The van der Waals surface area contributed by atoms with E-state index in [9.17, 15) is 4.79 Å². The summed E-state index contributed by atoms with van der Waals surface area (Å²) in [6.07, 6.45) is 2.56. The third-order valence-corrected chi connectivity index (χ3v) is 2.73. The monoisotopic (exact) mass is 216 g/mol. The van der Waals surface area contributed by atoms with Gasteiger partial charge in [-0.25, -0.2) is 0 Å². The molecule has 0 saturated heterocycles. The molecule has 0 aromatic heterocycles. The minimum Gasteiger partial charge on any atom is -0.395 e. The summed E-state index contributed by atoms with van der Waals surface area (Å²) in [6.45, 7) is 0.391. The molecule has 0 bridgehead atoms. The Bertz CT molecular complexity index is 201. The van der Waals surface area contributed by atoms with Gasteiger partial charge in [-0.2, -0.15) is 0 Å². The number of amides is 1. The van der Waals surface area contributed by atoms with Crippen molar-refractivity contribution in [3.63, 3.8) is 0 Å². The molecule has 1 unspecified atom stereocenters. The van der Waals surface area contributed by atoms with E-state index < -0.39 is 0 Å². The van der Waals surface area contributed by atoms with Gasteiger partial charge in [-0.05, 0) is 18.8 Å². The molecule has 0 heterocycles. The van der Waals surface area contributed by atoms with Crippen LogP contribution in [0.3, 0.4) is 0 Å². The predicted octanol–water partition coefficient (Wildman–Crippen LogP) is -1.07. The topological polar surface area (TPSA) is 86.8 Å². The van der Waals surface area contributed by atoms with Gasteiger partial charge < -0.3 is 20.8 Å². The Balaban J connectivity index is 2.32. The summed E-state index contributed by atoms with van der Waals surface area (Å²) >= 11 is 0. The summed E-state index contributed by atoms with van der Waals surface area (Å²) in [5.41, 5.74) is 5.84. The summed E-state index contributed by atoms with van der Waals surface area (Å²) in [5, 5.41) is 17.5.